The van der Waals surface area contributed by atoms with Gasteiger partial charge in [0.25, 0.3) is 0 Å². The van der Waals surface area contributed by atoms with Crippen molar-refractivity contribution >= 4 is 5.91 Å². The van der Waals surface area contributed by atoms with Crippen LogP contribution >= 0.6 is 0 Å². The van der Waals surface area contributed by atoms with Crippen LogP contribution in [0.15, 0.2) is 42.5 Å². The molecule has 26 heavy (non-hydrogen) atoms. The number of carbonyl (C=O) groups excluding carboxylic acids is 1. The first-order valence-electron chi connectivity index (χ1n) is 8.68. The number of nitrogens with zero attached hydrogens (tertiary/aromatic N) is 1. The summed E-state index contributed by atoms with van der Waals surface area (Å²) < 4.78 is 24.1. The molecule has 0 radical (unpaired) electrons. The zero-order chi connectivity index (χ0) is 18.1. The molecule has 4 rings (SSSR count). The molecule has 0 unspecified atom stereocenters. The molecule has 0 bridgehead atoms. The summed E-state index contributed by atoms with van der Waals surface area (Å²) in [6.07, 6.45) is 1.06. The zero-order valence-electron chi connectivity index (χ0n) is 14.3. The van der Waals surface area contributed by atoms with Gasteiger partial charge in [-0.05, 0) is 48.2 Å². The Hall–Kier alpha value is -2.60. The zero-order valence-corrected chi connectivity index (χ0v) is 14.3. The van der Waals surface area contributed by atoms with E-state index in [0.717, 1.165) is 5.56 Å². The highest BCUT2D eigenvalue weighted by molar-refractivity contribution is 5.79. The fourth-order valence-electron chi connectivity index (χ4n) is 3.53. The molecule has 2 aliphatic heterocycles. The maximum absolute atomic E-state index is 13.4. The summed E-state index contributed by atoms with van der Waals surface area (Å²) in [5.41, 5.74) is 0.350. The molecule has 1 fully saturated rings. The highest BCUT2D eigenvalue weighted by Gasteiger charge is 2.35. The average Bonchev–Trinajstić information content (AvgIpc) is 3.10. The first-order valence-corrected chi connectivity index (χ1v) is 8.68. The van der Waals surface area contributed by atoms with Crippen LogP contribution in [0.25, 0.3) is 0 Å². The number of fused-ring (bicyclic) bond motifs is 1. The molecule has 5 nitrogen and oxygen atoms in total. The molecular weight excluding hydrogens is 337 g/mol. The Morgan fingerprint density at radius 2 is 1.88 bits per heavy atom. The molecule has 1 amide bonds. The minimum absolute atomic E-state index is 0.00478. The van der Waals surface area contributed by atoms with E-state index in [1.165, 1.54) is 12.1 Å². The van der Waals surface area contributed by atoms with Gasteiger partial charge in [-0.2, -0.15) is 0 Å². The third-order valence-electron chi connectivity index (χ3n) is 5.10. The molecule has 6 heteroatoms. The van der Waals surface area contributed by atoms with Gasteiger partial charge < -0.3 is 19.5 Å². The summed E-state index contributed by atoms with van der Waals surface area (Å²) in [4.78, 5) is 14.3. The van der Waals surface area contributed by atoms with E-state index in [4.69, 9.17) is 9.47 Å². The monoisotopic (exact) mass is 357 g/mol. The van der Waals surface area contributed by atoms with Crippen molar-refractivity contribution in [3.8, 4) is 11.5 Å². The van der Waals surface area contributed by atoms with E-state index in [9.17, 15) is 14.3 Å². The molecule has 0 aliphatic carbocycles. The molecule has 2 aromatic rings. The molecule has 0 atom stereocenters. The summed E-state index contributed by atoms with van der Waals surface area (Å²) in [7, 11) is 0. The fraction of sp³-hybridized carbons (Fsp3) is 0.350. The van der Waals surface area contributed by atoms with Crippen molar-refractivity contribution < 1.29 is 23.8 Å². The maximum atomic E-state index is 13.4. The minimum Gasteiger partial charge on any atom is -0.454 e. The van der Waals surface area contributed by atoms with Gasteiger partial charge >= 0.3 is 0 Å². The van der Waals surface area contributed by atoms with Crippen LogP contribution in [0.2, 0.25) is 0 Å². The Balaban J connectivity index is 1.39. The highest BCUT2D eigenvalue weighted by Crippen LogP contribution is 2.34. The number of halogens is 1. The van der Waals surface area contributed by atoms with Gasteiger partial charge in [0.1, 0.15) is 5.82 Å². The molecule has 2 heterocycles. The van der Waals surface area contributed by atoms with Crippen LogP contribution < -0.4 is 9.47 Å². The van der Waals surface area contributed by atoms with E-state index in [1.54, 1.807) is 17.0 Å². The number of ether oxygens (including phenoxy) is 2. The Morgan fingerprint density at radius 1 is 1.12 bits per heavy atom. The smallest absolute Gasteiger partial charge is 0.231 e. The second kappa shape index (κ2) is 6.61. The number of amides is 1. The number of likely N-dealkylation sites (tertiary alicyclic amines) is 1. The van der Waals surface area contributed by atoms with Crippen molar-refractivity contribution in [2.45, 2.75) is 24.9 Å². The number of hydrogen-bond acceptors (Lipinski definition) is 4. The normalized spacial score (nSPS) is 18.0. The Kier molecular flexibility index (Phi) is 4.28. The summed E-state index contributed by atoms with van der Waals surface area (Å²) in [5.74, 6) is 0.996. The van der Waals surface area contributed by atoms with Gasteiger partial charge in [0.05, 0.1) is 12.0 Å². The van der Waals surface area contributed by atoms with E-state index >= 15 is 0 Å². The van der Waals surface area contributed by atoms with Gasteiger partial charge in [0.15, 0.2) is 11.5 Å². The number of benzene rings is 2. The standard InChI is InChI=1S/C20H20FNO4/c21-16-3-1-2-15(12-16)20(24)6-8-22(9-7-20)19(23)11-14-4-5-17-18(10-14)26-13-25-17/h1-5,10,12,24H,6-9,11,13H2. The number of hydrogen-bond donors (Lipinski definition) is 1. The van der Waals surface area contributed by atoms with Gasteiger partial charge in [-0.3, -0.25) is 4.79 Å². The lowest BCUT2D eigenvalue weighted by atomic mass is 9.84. The van der Waals surface area contributed by atoms with Crippen LogP contribution in [0.1, 0.15) is 24.0 Å². The van der Waals surface area contributed by atoms with Gasteiger partial charge in [-0.1, -0.05) is 18.2 Å². The number of aliphatic hydroxyl groups is 1. The second-order valence-electron chi connectivity index (χ2n) is 6.79. The predicted octanol–water partition coefficient (Wildman–Crippen LogP) is 2.61. The largest absolute Gasteiger partial charge is 0.454 e. The van der Waals surface area contributed by atoms with Crippen molar-refractivity contribution in [2.24, 2.45) is 0 Å². The molecule has 2 aliphatic rings. The molecule has 0 spiro atoms. The van der Waals surface area contributed by atoms with E-state index in [2.05, 4.69) is 0 Å². The summed E-state index contributed by atoms with van der Waals surface area (Å²) >= 11 is 0. The van der Waals surface area contributed by atoms with Crippen molar-refractivity contribution in [3.63, 3.8) is 0 Å². The fourth-order valence-corrected chi connectivity index (χ4v) is 3.53. The van der Waals surface area contributed by atoms with Gasteiger partial charge in [-0.15, -0.1) is 0 Å². The molecule has 1 N–H and O–H groups in total. The number of piperidine rings is 1. The van der Waals surface area contributed by atoms with Crippen molar-refractivity contribution in [3.05, 3.63) is 59.4 Å². The lowest BCUT2D eigenvalue weighted by Crippen LogP contribution is -2.45. The first kappa shape index (κ1) is 16.8. The van der Waals surface area contributed by atoms with E-state index in [-0.39, 0.29) is 24.9 Å². The van der Waals surface area contributed by atoms with E-state index < -0.39 is 5.60 Å². The third-order valence-corrected chi connectivity index (χ3v) is 5.10. The second-order valence-corrected chi connectivity index (χ2v) is 6.79. The Labute approximate surface area is 151 Å². The van der Waals surface area contributed by atoms with E-state index in [0.29, 0.717) is 43.0 Å². The van der Waals surface area contributed by atoms with Crippen molar-refractivity contribution in [2.75, 3.05) is 19.9 Å². The molecular formula is C20H20FNO4. The molecule has 2 aromatic carbocycles. The number of rotatable bonds is 3. The van der Waals surface area contributed by atoms with Crippen LogP contribution in [-0.4, -0.2) is 35.8 Å². The summed E-state index contributed by atoms with van der Waals surface area (Å²) in [6.45, 7) is 1.09. The summed E-state index contributed by atoms with van der Waals surface area (Å²) in [6, 6.07) is 11.5. The van der Waals surface area contributed by atoms with Crippen LogP contribution in [0, 0.1) is 5.82 Å². The highest BCUT2D eigenvalue weighted by atomic mass is 19.1. The molecule has 1 saturated heterocycles. The lowest BCUT2D eigenvalue weighted by Gasteiger charge is -2.38. The first-order chi connectivity index (χ1) is 12.5. The molecule has 0 saturated carbocycles. The lowest BCUT2D eigenvalue weighted by molar-refractivity contribution is -0.135. The van der Waals surface area contributed by atoms with Gasteiger partial charge in [0.2, 0.25) is 12.7 Å². The Bertz CT molecular complexity index is 830. The van der Waals surface area contributed by atoms with Gasteiger partial charge in [0, 0.05) is 13.1 Å². The van der Waals surface area contributed by atoms with Crippen molar-refractivity contribution in [1.29, 1.82) is 0 Å². The topological polar surface area (TPSA) is 59.0 Å². The van der Waals surface area contributed by atoms with Crippen LogP contribution in [0.3, 0.4) is 0 Å². The number of carbonyl (C=O) groups is 1. The maximum Gasteiger partial charge on any atom is 0.231 e. The average molecular weight is 357 g/mol. The Morgan fingerprint density at radius 3 is 2.65 bits per heavy atom. The van der Waals surface area contributed by atoms with Crippen LogP contribution in [-0.2, 0) is 16.8 Å². The third kappa shape index (κ3) is 3.24. The van der Waals surface area contributed by atoms with Crippen LogP contribution in [0.4, 0.5) is 4.39 Å². The SMILES string of the molecule is O=C(Cc1ccc2c(c1)OCO2)N1CCC(O)(c2cccc(F)c2)CC1. The predicted molar refractivity (Wildman–Crippen MR) is 92.4 cm³/mol. The molecule has 136 valence electrons. The minimum atomic E-state index is -1.09. The van der Waals surface area contributed by atoms with Crippen molar-refractivity contribution in [1.82, 2.24) is 4.90 Å². The summed E-state index contributed by atoms with van der Waals surface area (Å²) in [5, 5.41) is 10.8. The molecule has 0 aromatic heterocycles. The van der Waals surface area contributed by atoms with Gasteiger partial charge in [-0.25, -0.2) is 4.39 Å². The van der Waals surface area contributed by atoms with Crippen LogP contribution in [0.5, 0.6) is 11.5 Å². The quantitative estimate of drug-likeness (QED) is 0.917. The van der Waals surface area contributed by atoms with E-state index in [1.807, 2.05) is 18.2 Å².